The van der Waals surface area contributed by atoms with Gasteiger partial charge in [0.1, 0.15) is 12.0 Å². The number of rotatable bonds is 6. The van der Waals surface area contributed by atoms with E-state index in [1.54, 1.807) is 0 Å². The van der Waals surface area contributed by atoms with E-state index in [-0.39, 0.29) is 6.17 Å². The van der Waals surface area contributed by atoms with Crippen LogP contribution in [0.1, 0.15) is 41.3 Å². The molecule has 0 fully saturated rings. The van der Waals surface area contributed by atoms with E-state index in [4.69, 9.17) is 9.98 Å². The molecule has 51 heavy (non-hydrogen) atoms. The van der Waals surface area contributed by atoms with Gasteiger partial charge in [0.25, 0.3) is 0 Å². The third-order valence-electron chi connectivity index (χ3n) is 9.92. The van der Waals surface area contributed by atoms with Gasteiger partial charge in [-0.25, -0.2) is 9.98 Å². The predicted molar refractivity (Wildman–Crippen MR) is 211 cm³/mol. The number of allylic oxidation sites excluding steroid dienone is 4. The number of aliphatic imine (C=N–C) groups is 2. The molecule has 1 unspecified atom stereocenters. The minimum atomic E-state index is -0.245. The molecule has 0 amide bonds. The lowest BCUT2D eigenvalue weighted by Gasteiger charge is -2.32. The summed E-state index contributed by atoms with van der Waals surface area (Å²) >= 11 is 0. The smallest absolute Gasteiger partial charge is 0.159 e. The van der Waals surface area contributed by atoms with Gasteiger partial charge in [0.05, 0.1) is 11.0 Å². The Labute approximate surface area is 297 Å². The third kappa shape index (κ3) is 5.83. The standard InChI is InChI=1S/C46H35N5/c1-51-45(38-25-17-32(18-26-38)31-9-3-2-4-10-31)49-44(37-23-19-33(20-24-37)40-15-5-11-35-13-7-29-47-42(35)40)50-46(51)39-27-21-34(22-28-39)41-16-6-12-36-14-8-30-48-43(36)41/h2-3,5-9,11-30,45H,4,10H2,1H3. The summed E-state index contributed by atoms with van der Waals surface area (Å²) in [6.45, 7) is 0. The van der Waals surface area contributed by atoms with E-state index < -0.39 is 0 Å². The van der Waals surface area contributed by atoms with Gasteiger partial charge in [-0.05, 0) is 52.8 Å². The second kappa shape index (κ2) is 13.1. The minimum Gasteiger partial charge on any atom is -0.333 e. The predicted octanol–water partition coefficient (Wildman–Crippen LogP) is 10.7. The lowest BCUT2D eigenvalue weighted by molar-refractivity contribution is 0.383. The number of hydrogen-bond donors (Lipinski definition) is 0. The van der Waals surface area contributed by atoms with E-state index in [0.717, 1.165) is 79.4 Å². The van der Waals surface area contributed by atoms with Gasteiger partial charge in [0.15, 0.2) is 5.84 Å². The fourth-order valence-electron chi connectivity index (χ4n) is 7.22. The second-order valence-electron chi connectivity index (χ2n) is 13.1. The van der Waals surface area contributed by atoms with Crippen LogP contribution in [0.25, 0.3) is 49.6 Å². The molecule has 3 heterocycles. The first-order valence-corrected chi connectivity index (χ1v) is 17.4. The van der Waals surface area contributed by atoms with Gasteiger partial charge >= 0.3 is 0 Å². The fourth-order valence-corrected chi connectivity index (χ4v) is 7.22. The van der Waals surface area contributed by atoms with E-state index in [0.29, 0.717) is 5.84 Å². The van der Waals surface area contributed by atoms with Crippen LogP contribution in [0.5, 0.6) is 0 Å². The van der Waals surface area contributed by atoms with E-state index in [1.807, 2.05) is 24.5 Å². The molecule has 0 saturated carbocycles. The van der Waals surface area contributed by atoms with Gasteiger partial charge in [-0.3, -0.25) is 9.97 Å². The molecule has 0 radical (unpaired) electrons. The number of pyridine rings is 2. The van der Waals surface area contributed by atoms with Crippen LogP contribution in [0.3, 0.4) is 0 Å². The van der Waals surface area contributed by atoms with Crippen molar-refractivity contribution in [3.05, 3.63) is 186 Å². The number of nitrogens with zero attached hydrogens (tertiary/aromatic N) is 5. The SMILES string of the molecule is CN1C(c2ccc(-c3cccc4cccnc34)cc2)=NC(c2ccc(-c3cccc4cccnc34)cc2)=NC1c1ccc(C2=CC=CCC2)cc1. The first-order chi connectivity index (χ1) is 25.2. The van der Waals surface area contributed by atoms with Gasteiger partial charge in [0.2, 0.25) is 0 Å². The molecule has 1 aliphatic carbocycles. The summed E-state index contributed by atoms with van der Waals surface area (Å²) < 4.78 is 0. The van der Waals surface area contributed by atoms with Gasteiger partial charge in [0, 0.05) is 52.5 Å². The van der Waals surface area contributed by atoms with Gasteiger partial charge in [-0.1, -0.05) is 140 Å². The lowest BCUT2D eigenvalue weighted by atomic mass is 9.96. The highest BCUT2D eigenvalue weighted by atomic mass is 15.3. The monoisotopic (exact) mass is 657 g/mol. The zero-order valence-corrected chi connectivity index (χ0v) is 28.3. The molecule has 0 saturated heterocycles. The fraction of sp³-hybridized carbons (Fsp3) is 0.0870. The van der Waals surface area contributed by atoms with E-state index in [1.165, 1.54) is 11.1 Å². The molecule has 0 spiro atoms. The normalized spacial score (nSPS) is 15.8. The Morgan fingerprint density at radius 1 is 0.569 bits per heavy atom. The highest BCUT2D eigenvalue weighted by molar-refractivity contribution is 6.13. The van der Waals surface area contributed by atoms with Crippen molar-refractivity contribution in [1.82, 2.24) is 14.9 Å². The molecule has 5 nitrogen and oxygen atoms in total. The quantitative estimate of drug-likeness (QED) is 0.179. The molecule has 0 bridgehead atoms. The highest BCUT2D eigenvalue weighted by Crippen LogP contribution is 2.33. The van der Waals surface area contributed by atoms with E-state index in [2.05, 4.69) is 161 Å². The maximum absolute atomic E-state index is 5.28. The Morgan fingerprint density at radius 2 is 1.12 bits per heavy atom. The molecule has 2 aliphatic rings. The molecular weight excluding hydrogens is 623 g/mol. The summed E-state index contributed by atoms with van der Waals surface area (Å²) in [6, 6.07) is 46.9. The number of hydrogen-bond acceptors (Lipinski definition) is 5. The second-order valence-corrected chi connectivity index (χ2v) is 13.1. The van der Waals surface area contributed by atoms with Crippen molar-refractivity contribution in [3.8, 4) is 22.3 Å². The highest BCUT2D eigenvalue weighted by Gasteiger charge is 2.27. The van der Waals surface area contributed by atoms with Crippen molar-refractivity contribution in [1.29, 1.82) is 0 Å². The summed E-state index contributed by atoms with van der Waals surface area (Å²) in [4.78, 5) is 22.1. The molecule has 9 rings (SSSR count). The maximum atomic E-state index is 5.28. The van der Waals surface area contributed by atoms with Crippen LogP contribution in [0, 0.1) is 0 Å². The third-order valence-corrected chi connectivity index (χ3v) is 9.92. The lowest BCUT2D eigenvalue weighted by Crippen LogP contribution is -2.35. The average molecular weight is 658 g/mol. The molecule has 1 atom stereocenters. The summed E-state index contributed by atoms with van der Waals surface area (Å²) in [7, 11) is 2.09. The Bertz CT molecular complexity index is 2510. The summed E-state index contributed by atoms with van der Waals surface area (Å²) in [6.07, 6.45) is 12.2. The Hall–Kier alpha value is -6.46. The molecule has 7 aromatic rings. The molecule has 5 aromatic carbocycles. The average Bonchev–Trinajstić information content (AvgIpc) is 3.21. The van der Waals surface area contributed by atoms with Crippen LogP contribution in [-0.2, 0) is 0 Å². The first-order valence-electron chi connectivity index (χ1n) is 17.4. The van der Waals surface area contributed by atoms with Gasteiger partial charge in [-0.15, -0.1) is 0 Å². The Kier molecular flexibility index (Phi) is 7.86. The molecule has 2 aromatic heterocycles. The maximum Gasteiger partial charge on any atom is 0.159 e. The number of benzene rings is 5. The van der Waals surface area contributed by atoms with Crippen LogP contribution in [0.15, 0.2) is 174 Å². The largest absolute Gasteiger partial charge is 0.333 e. The van der Waals surface area contributed by atoms with Crippen molar-refractivity contribution in [2.24, 2.45) is 9.98 Å². The molecule has 5 heteroatoms. The van der Waals surface area contributed by atoms with Crippen LogP contribution in [-0.4, -0.2) is 33.6 Å². The minimum absolute atomic E-state index is 0.245. The van der Waals surface area contributed by atoms with Crippen molar-refractivity contribution in [3.63, 3.8) is 0 Å². The van der Waals surface area contributed by atoms with E-state index >= 15 is 0 Å². The Morgan fingerprint density at radius 3 is 1.71 bits per heavy atom. The number of aromatic nitrogens is 2. The van der Waals surface area contributed by atoms with Gasteiger partial charge in [-0.2, -0.15) is 0 Å². The number of fused-ring (bicyclic) bond motifs is 2. The van der Waals surface area contributed by atoms with E-state index in [9.17, 15) is 0 Å². The molecule has 0 N–H and O–H groups in total. The summed E-state index contributed by atoms with van der Waals surface area (Å²) in [5, 5.41) is 2.25. The van der Waals surface area contributed by atoms with Crippen LogP contribution >= 0.6 is 0 Å². The van der Waals surface area contributed by atoms with Crippen molar-refractivity contribution in [2.75, 3.05) is 7.05 Å². The topological polar surface area (TPSA) is 53.7 Å². The molecule has 1 aliphatic heterocycles. The van der Waals surface area contributed by atoms with Crippen LogP contribution < -0.4 is 0 Å². The molecular formula is C46H35N5. The zero-order chi connectivity index (χ0) is 34.1. The summed E-state index contributed by atoms with van der Waals surface area (Å²) in [5.74, 6) is 1.58. The van der Waals surface area contributed by atoms with Crippen LogP contribution in [0.4, 0.5) is 0 Å². The summed E-state index contributed by atoms with van der Waals surface area (Å²) in [5.41, 5.74) is 12.2. The number of para-hydroxylation sites is 2. The van der Waals surface area contributed by atoms with Gasteiger partial charge < -0.3 is 4.90 Å². The van der Waals surface area contributed by atoms with Crippen molar-refractivity contribution in [2.45, 2.75) is 19.0 Å². The Balaban J connectivity index is 1.10. The first kappa shape index (κ1) is 30.6. The van der Waals surface area contributed by atoms with Crippen molar-refractivity contribution >= 4 is 39.1 Å². The zero-order valence-electron chi connectivity index (χ0n) is 28.3. The van der Waals surface area contributed by atoms with Crippen molar-refractivity contribution < 1.29 is 0 Å². The molecule has 244 valence electrons. The number of amidine groups is 2. The van der Waals surface area contributed by atoms with Crippen LogP contribution in [0.2, 0.25) is 0 Å².